The van der Waals surface area contributed by atoms with Gasteiger partial charge in [-0.15, -0.1) is 0 Å². The molecule has 2 bridgehead atoms. The van der Waals surface area contributed by atoms with E-state index in [9.17, 15) is 10.1 Å². The molecule has 0 aromatic carbocycles. The minimum atomic E-state index is -0.653. The number of hydrogen-bond acceptors (Lipinski definition) is 2. The predicted molar refractivity (Wildman–Crippen MR) is 40.8 cm³/mol. The van der Waals surface area contributed by atoms with Crippen LogP contribution < -0.4 is 0 Å². The first-order valence-corrected chi connectivity index (χ1v) is 3.96. The zero-order chi connectivity index (χ0) is 8.06. The van der Waals surface area contributed by atoms with Crippen LogP contribution >= 0.6 is 0 Å². The van der Waals surface area contributed by atoms with Crippen LogP contribution in [0.3, 0.4) is 0 Å². The third kappa shape index (κ3) is 0.737. The molecule has 3 atom stereocenters. The molecule has 0 heterocycles. The van der Waals surface area contributed by atoms with Crippen molar-refractivity contribution in [2.24, 2.45) is 11.8 Å². The zero-order valence-corrected chi connectivity index (χ0v) is 6.49. The normalized spacial score (nSPS) is 46.6. The second kappa shape index (κ2) is 1.84. The summed E-state index contributed by atoms with van der Waals surface area (Å²) in [4.78, 5) is 10.6. The number of hydrogen-bond donors (Lipinski definition) is 0. The Bertz CT molecular complexity index is 236. The summed E-state index contributed by atoms with van der Waals surface area (Å²) in [7, 11) is 0. The van der Waals surface area contributed by atoms with E-state index in [0.29, 0.717) is 5.92 Å². The highest BCUT2D eigenvalue weighted by Crippen LogP contribution is 2.47. The first-order valence-electron chi connectivity index (χ1n) is 3.96. The van der Waals surface area contributed by atoms with Crippen LogP contribution in [0.2, 0.25) is 0 Å². The standard InChI is InChI=1S/C8H11NO2/c1-8(9(10)11)5-6-2-3-7(8)4-6/h2-3,6-7H,4-5H2,1H3. The number of allylic oxidation sites excluding steroid dienone is 1. The van der Waals surface area contributed by atoms with Gasteiger partial charge in [-0.1, -0.05) is 12.2 Å². The molecule has 0 N–H and O–H groups in total. The minimum Gasteiger partial charge on any atom is -0.264 e. The number of nitrogens with zero attached hydrogens (tertiary/aromatic N) is 1. The molecule has 2 rings (SSSR count). The van der Waals surface area contributed by atoms with Gasteiger partial charge in [-0.3, -0.25) is 10.1 Å². The topological polar surface area (TPSA) is 43.1 Å². The number of rotatable bonds is 1. The maximum atomic E-state index is 10.7. The van der Waals surface area contributed by atoms with Gasteiger partial charge in [0, 0.05) is 24.2 Å². The first-order chi connectivity index (χ1) is 5.13. The van der Waals surface area contributed by atoms with E-state index in [4.69, 9.17) is 0 Å². The Hall–Kier alpha value is -0.860. The van der Waals surface area contributed by atoms with E-state index in [1.807, 2.05) is 6.08 Å². The van der Waals surface area contributed by atoms with Crippen molar-refractivity contribution in [3.63, 3.8) is 0 Å². The average molecular weight is 153 g/mol. The highest BCUT2D eigenvalue weighted by atomic mass is 16.6. The van der Waals surface area contributed by atoms with Crippen LogP contribution in [0, 0.1) is 22.0 Å². The van der Waals surface area contributed by atoms with Gasteiger partial charge in [0.15, 0.2) is 0 Å². The molecule has 0 saturated heterocycles. The molecule has 0 aromatic heterocycles. The molecule has 1 saturated carbocycles. The molecule has 3 unspecified atom stereocenters. The largest absolute Gasteiger partial charge is 0.264 e. The summed E-state index contributed by atoms with van der Waals surface area (Å²) in [5, 5.41) is 10.7. The molecule has 0 amide bonds. The summed E-state index contributed by atoms with van der Waals surface area (Å²) in [6.45, 7) is 1.77. The van der Waals surface area contributed by atoms with Crippen molar-refractivity contribution in [3.8, 4) is 0 Å². The van der Waals surface area contributed by atoms with E-state index in [1.54, 1.807) is 6.92 Å². The van der Waals surface area contributed by atoms with Crippen LogP contribution in [0.4, 0.5) is 0 Å². The molecule has 0 aromatic rings. The number of nitro groups is 1. The Morgan fingerprint density at radius 3 is 2.64 bits per heavy atom. The van der Waals surface area contributed by atoms with Crippen molar-refractivity contribution < 1.29 is 4.92 Å². The molecule has 0 aliphatic heterocycles. The van der Waals surface area contributed by atoms with Crippen LogP contribution in [-0.4, -0.2) is 10.5 Å². The highest BCUT2D eigenvalue weighted by Gasteiger charge is 2.54. The van der Waals surface area contributed by atoms with Crippen molar-refractivity contribution in [2.75, 3.05) is 0 Å². The third-order valence-electron chi connectivity index (χ3n) is 3.06. The Kier molecular flexibility index (Phi) is 1.14. The first kappa shape index (κ1) is 6.83. The lowest BCUT2D eigenvalue weighted by atomic mass is 9.87. The van der Waals surface area contributed by atoms with Crippen molar-refractivity contribution in [2.45, 2.75) is 25.3 Å². The fourth-order valence-corrected chi connectivity index (χ4v) is 2.28. The van der Waals surface area contributed by atoms with Crippen LogP contribution in [0.15, 0.2) is 12.2 Å². The van der Waals surface area contributed by atoms with Gasteiger partial charge in [0.2, 0.25) is 5.54 Å². The predicted octanol–water partition coefficient (Wildman–Crippen LogP) is 1.62. The molecule has 2 aliphatic carbocycles. The van der Waals surface area contributed by atoms with Crippen LogP contribution in [0.5, 0.6) is 0 Å². The van der Waals surface area contributed by atoms with E-state index in [0.717, 1.165) is 12.8 Å². The maximum Gasteiger partial charge on any atom is 0.226 e. The summed E-state index contributed by atoms with van der Waals surface area (Å²) >= 11 is 0. The fraction of sp³-hybridized carbons (Fsp3) is 0.750. The molecule has 11 heavy (non-hydrogen) atoms. The second-order valence-corrected chi connectivity index (χ2v) is 3.81. The van der Waals surface area contributed by atoms with Gasteiger partial charge < -0.3 is 0 Å². The number of fused-ring (bicyclic) bond motifs is 2. The molecule has 0 radical (unpaired) electrons. The Balaban J connectivity index is 2.30. The van der Waals surface area contributed by atoms with Crippen LogP contribution in [-0.2, 0) is 0 Å². The van der Waals surface area contributed by atoms with Crippen molar-refractivity contribution in [1.82, 2.24) is 0 Å². The Labute approximate surface area is 65.2 Å². The smallest absolute Gasteiger partial charge is 0.226 e. The molecule has 3 heteroatoms. The Morgan fingerprint density at radius 1 is 1.64 bits per heavy atom. The molecule has 0 spiro atoms. The van der Waals surface area contributed by atoms with Gasteiger partial charge in [-0.05, 0) is 12.3 Å². The van der Waals surface area contributed by atoms with E-state index in [2.05, 4.69) is 6.08 Å². The molecule has 2 aliphatic rings. The minimum absolute atomic E-state index is 0.110. The quantitative estimate of drug-likeness (QED) is 0.326. The van der Waals surface area contributed by atoms with Gasteiger partial charge in [0.05, 0.1) is 0 Å². The van der Waals surface area contributed by atoms with Gasteiger partial charge in [0.25, 0.3) is 0 Å². The van der Waals surface area contributed by atoms with E-state index in [-0.39, 0.29) is 10.8 Å². The third-order valence-corrected chi connectivity index (χ3v) is 3.06. The van der Waals surface area contributed by atoms with E-state index in [1.165, 1.54) is 0 Å². The highest BCUT2D eigenvalue weighted by molar-refractivity contribution is 5.15. The van der Waals surface area contributed by atoms with Gasteiger partial charge in [-0.25, -0.2) is 0 Å². The Morgan fingerprint density at radius 2 is 2.36 bits per heavy atom. The molecule has 3 nitrogen and oxygen atoms in total. The summed E-state index contributed by atoms with van der Waals surface area (Å²) in [5.41, 5.74) is -0.653. The monoisotopic (exact) mass is 153 g/mol. The summed E-state index contributed by atoms with van der Waals surface area (Å²) in [6, 6.07) is 0. The average Bonchev–Trinajstić information content (AvgIpc) is 2.45. The van der Waals surface area contributed by atoms with E-state index >= 15 is 0 Å². The van der Waals surface area contributed by atoms with Gasteiger partial charge in [0.1, 0.15) is 0 Å². The fourth-order valence-electron chi connectivity index (χ4n) is 2.28. The molecular formula is C8H11NO2. The SMILES string of the molecule is CC1([N+](=O)[O-])CC2C=CC1C2. The van der Waals surface area contributed by atoms with Crippen molar-refractivity contribution in [1.29, 1.82) is 0 Å². The summed E-state index contributed by atoms with van der Waals surface area (Å²) in [5.74, 6) is 0.679. The molecular weight excluding hydrogens is 142 g/mol. The summed E-state index contributed by atoms with van der Waals surface area (Å²) in [6.07, 6.45) is 5.87. The molecule has 1 fully saturated rings. The van der Waals surface area contributed by atoms with Gasteiger partial charge in [-0.2, -0.15) is 0 Å². The second-order valence-electron chi connectivity index (χ2n) is 3.81. The van der Waals surface area contributed by atoms with E-state index < -0.39 is 5.54 Å². The van der Waals surface area contributed by atoms with Crippen molar-refractivity contribution in [3.05, 3.63) is 22.3 Å². The maximum absolute atomic E-state index is 10.7. The zero-order valence-electron chi connectivity index (χ0n) is 6.49. The van der Waals surface area contributed by atoms with Gasteiger partial charge >= 0.3 is 0 Å². The lowest BCUT2D eigenvalue weighted by molar-refractivity contribution is -0.570. The molecule has 60 valence electrons. The van der Waals surface area contributed by atoms with Crippen LogP contribution in [0.25, 0.3) is 0 Å². The van der Waals surface area contributed by atoms with Crippen LogP contribution in [0.1, 0.15) is 19.8 Å². The lowest BCUT2D eigenvalue weighted by Gasteiger charge is -2.21. The van der Waals surface area contributed by atoms with Crippen molar-refractivity contribution >= 4 is 0 Å². The summed E-state index contributed by atoms with van der Waals surface area (Å²) < 4.78 is 0. The lowest BCUT2D eigenvalue weighted by Crippen LogP contribution is -2.38.